The predicted octanol–water partition coefficient (Wildman–Crippen LogP) is 1.00. The summed E-state index contributed by atoms with van der Waals surface area (Å²) in [5.41, 5.74) is 0. The van der Waals surface area contributed by atoms with E-state index in [0.29, 0.717) is 11.0 Å². The topological polar surface area (TPSA) is 75.3 Å². The number of benzene rings is 1. The highest BCUT2D eigenvalue weighted by Gasteiger charge is 2.19. The van der Waals surface area contributed by atoms with Gasteiger partial charge in [-0.2, -0.15) is 0 Å². The molecule has 0 radical (unpaired) electrons. The van der Waals surface area contributed by atoms with Crippen LogP contribution < -0.4 is 10.0 Å². The van der Waals surface area contributed by atoms with Crippen molar-refractivity contribution in [1.29, 1.82) is 0 Å². The molecule has 0 aliphatic rings. The Morgan fingerprint density at radius 3 is 2.67 bits per heavy atom. The standard InChI is InChI=1S/C10H12BrFN2O3S/c1-2-13-10(15)6-14-18(16,17)9-4-3-7(11)5-8(9)12/h3-5,14H,2,6H2,1H3,(H,13,15). The van der Waals surface area contributed by atoms with Crippen LogP contribution in [0.4, 0.5) is 4.39 Å². The minimum absolute atomic E-state index is 0.396. The van der Waals surface area contributed by atoms with Crippen LogP contribution in [-0.4, -0.2) is 27.4 Å². The van der Waals surface area contributed by atoms with Gasteiger partial charge in [0.2, 0.25) is 15.9 Å². The molecule has 0 saturated heterocycles. The maximum atomic E-state index is 13.5. The quantitative estimate of drug-likeness (QED) is 0.841. The average Bonchev–Trinajstić information content (AvgIpc) is 2.26. The maximum Gasteiger partial charge on any atom is 0.243 e. The minimum Gasteiger partial charge on any atom is -0.355 e. The lowest BCUT2D eigenvalue weighted by Gasteiger charge is -2.07. The number of halogens is 2. The molecule has 0 aliphatic carbocycles. The van der Waals surface area contributed by atoms with Crippen molar-refractivity contribution in [2.75, 3.05) is 13.1 Å². The van der Waals surface area contributed by atoms with Crippen LogP contribution in [0.3, 0.4) is 0 Å². The van der Waals surface area contributed by atoms with Gasteiger partial charge in [-0.1, -0.05) is 15.9 Å². The first kappa shape index (κ1) is 15.1. The van der Waals surface area contributed by atoms with Crippen LogP contribution in [0.25, 0.3) is 0 Å². The summed E-state index contributed by atoms with van der Waals surface area (Å²) in [4.78, 5) is 10.6. The van der Waals surface area contributed by atoms with Crippen LogP contribution in [0.1, 0.15) is 6.92 Å². The molecule has 0 atom stereocenters. The van der Waals surface area contributed by atoms with Crippen LogP contribution in [0, 0.1) is 5.82 Å². The number of hydrogen-bond donors (Lipinski definition) is 2. The highest BCUT2D eigenvalue weighted by Crippen LogP contribution is 2.18. The van der Waals surface area contributed by atoms with Gasteiger partial charge in [-0.05, 0) is 25.1 Å². The van der Waals surface area contributed by atoms with Gasteiger partial charge in [0.15, 0.2) is 0 Å². The zero-order valence-electron chi connectivity index (χ0n) is 9.54. The number of rotatable bonds is 5. The third kappa shape index (κ3) is 4.04. The molecule has 100 valence electrons. The highest BCUT2D eigenvalue weighted by atomic mass is 79.9. The molecule has 1 aromatic carbocycles. The fourth-order valence-corrected chi connectivity index (χ4v) is 2.56. The molecule has 8 heteroatoms. The summed E-state index contributed by atoms with van der Waals surface area (Å²) >= 11 is 3.03. The molecule has 0 unspecified atom stereocenters. The van der Waals surface area contributed by atoms with Gasteiger partial charge in [-0.3, -0.25) is 4.79 Å². The summed E-state index contributed by atoms with van der Waals surface area (Å²) in [5.74, 6) is -1.36. The summed E-state index contributed by atoms with van der Waals surface area (Å²) in [6.45, 7) is 1.68. The second-order valence-corrected chi connectivity index (χ2v) is 6.00. The SMILES string of the molecule is CCNC(=O)CNS(=O)(=O)c1ccc(Br)cc1F. The molecule has 1 aromatic rings. The Bertz CT molecular complexity index is 548. The lowest BCUT2D eigenvalue weighted by molar-refractivity contribution is -0.119. The Morgan fingerprint density at radius 2 is 2.11 bits per heavy atom. The molecule has 0 aromatic heterocycles. The van der Waals surface area contributed by atoms with Crippen molar-refractivity contribution in [2.45, 2.75) is 11.8 Å². The molecule has 1 rings (SSSR count). The summed E-state index contributed by atoms with van der Waals surface area (Å²) in [5, 5.41) is 2.43. The van der Waals surface area contributed by atoms with Gasteiger partial charge in [-0.15, -0.1) is 0 Å². The van der Waals surface area contributed by atoms with E-state index in [4.69, 9.17) is 0 Å². The van der Waals surface area contributed by atoms with Gasteiger partial charge in [0.1, 0.15) is 10.7 Å². The molecule has 5 nitrogen and oxygen atoms in total. The summed E-state index contributed by atoms with van der Waals surface area (Å²) in [6.07, 6.45) is 0. The average molecular weight is 339 g/mol. The molecular weight excluding hydrogens is 327 g/mol. The predicted molar refractivity (Wildman–Crippen MR) is 68.0 cm³/mol. The number of carbonyl (C=O) groups excluding carboxylic acids is 1. The third-order valence-corrected chi connectivity index (χ3v) is 3.91. The molecule has 0 fully saturated rings. The molecular formula is C10H12BrFN2O3S. The number of amides is 1. The minimum atomic E-state index is -4.03. The fraction of sp³-hybridized carbons (Fsp3) is 0.300. The van der Waals surface area contributed by atoms with Gasteiger partial charge in [0.05, 0.1) is 6.54 Å². The second-order valence-electron chi connectivity index (χ2n) is 3.35. The summed E-state index contributed by atoms with van der Waals surface area (Å²) in [6, 6.07) is 3.57. The first-order valence-electron chi connectivity index (χ1n) is 5.08. The third-order valence-electron chi connectivity index (χ3n) is 1.98. The Morgan fingerprint density at radius 1 is 1.44 bits per heavy atom. The van der Waals surface area contributed by atoms with Crippen LogP contribution >= 0.6 is 15.9 Å². The van der Waals surface area contributed by atoms with E-state index < -0.39 is 33.2 Å². The molecule has 18 heavy (non-hydrogen) atoms. The van der Waals surface area contributed by atoms with E-state index in [0.717, 1.165) is 12.1 Å². The molecule has 0 heterocycles. The van der Waals surface area contributed by atoms with E-state index in [1.54, 1.807) is 6.92 Å². The van der Waals surface area contributed by atoms with Crippen molar-refractivity contribution < 1.29 is 17.6 Å². The normalized spacial score (nSPS) is 11.3. The van der Waals surface area contributed by atoms with Crippen LogP contribution in [0.2, 0.25) is 0 Å². The van der Waals surface area contributed by atoms with Crippen molar-refractivity contribution in [2.24, 2.45) is 0 Å². The first-order valence-corrected chi connectivity index (χ1v) is 7.36. The number of sulfonamides is 1. The molecule has 0 spiro atoms. The van der Waals surface area contributed by atoms with E-state index in [9.17, 15) is 17.6 Å². The van der Waals surface area contributed by atoms with E-state index >= 15 is 0 Å². The van der Waals surface area contributed by atoms with Crippen molar-refractivity contribution in [1.82, 2.24) is 10.0 Å². The van der Waals surface area contributed by atoms with Gasteiger partial charge < -0.3 is 5.32 Å². The zero-order valence-corrected chi connectivity index (χ0v) is 11.9. The number of carbonyl (C=O) groups is 1. The van der Waals surface area contributed by atoms with E-state index in [1.165, 1.54) is 6.07 Å². The van der Waals surface area contributed by atoms with Crippen LogP contribution in [-0.2, 0) is 14.8 Å². The molecule has 0 aliphatic heterocycles. The van der Waals surface area contributed by atoms with Crippen molar-refractivity contribution in [3.8, 4) is 0 Å². The van der Waals surface area contributed by atoms with Crippen LogP contribution in [0.15, 0.2) is 27.6 Å². The molecule has 2 N–H and O–H groups in total. The van der Waals surface area contributed by atoms with Crippen LogP contribution in [0.5, 0.6) is 0 Å². The van der Waals surface area contributed by atoms with Gasteiger partial charge >= 0.3 is 0 Å². The number of hydrogen-bond acceptors (Lipinski definition) is 3. The monoisotopic (exact) mass is 338 g/mol. The zero-order chi connectivity index (χ0) is 13.8. The molecule has 0 saturated carbocycles. The van der Waals surface area contributed by atoms with E-state index in [2.05, 4.69) is 21.2 Å². The van der Waals surface area contributed by atoms with Crippen molar-refractivity contribution in [3.63, 3.8) is 0 Å². The number of likely N-dealkylation sites (N-methyl/N-ethyl adjacent to an activating group) is 1. The Balaban J connectivity index is 2.83. The van der Waals surface area contributed by atoms with Crippen molar-refractivity contribution in [3.05, 3.63) is 28.5 Å². The van der Waals surface area contributed by atoms with Gasteiger partial charge in [-0.25, -0.2) is 17.5 Å². The molecule has 1 amide bonds. The first-order chi connectivity index (χ1) is 8.36. The van der Waals surface area contributed by atoms with E-state index in [-0.39, 0.29) is 0 Å². The van der Waals surface area contributed by atoms with Gasteiger partial charge in [0.25, 0.3) is 0 Å². The fourth-order valence-electron chi connectivity index (χ4n) is 1.19. The molecule has 0 bridgehead atoms. The Hall–Kier alpha value is -0.990. The smallest absolute Gasteiger partial charge is 0.243 e. The lowest BCUT2D eigenvalue weighted by Crippen LogP contribution is -2.37. The van der Waals surface area contributed by atoms with E-state index in [1.807, 2.05) is 4.72 Å². The highest BCUT2D eigenvalue weighted by molar-refractivity contribution is 9.10. The Kier molecular flexibility index (Phi) is 5.24. The maximum absolute atomic E-state index is 13.5. The second kappa shape index (κ2) is 6.26. The number of nitrogens with one attached hydrogen (secondary N) is 2. The van der Waals surface area contributed by atoms with Crippen molar-refractivity contribution >= 4 is 31.9 Å². The largest absolute Gasteiger partial charge is 0.355 e. The Labute approximate surface area is 113 Å². The lowest BCUT2D eigenvalue weighted by atomic mass is 10.3. The summed E-state index contributed by atoms with van der Waals surface area (Å²) in [7, 11) is -4.03. The van der Waals surface area contributed by atoms with Gasteiger partial charge in [0, 0.05) is 11.0 Å². The summed E-state index contributed by atoms with van der Waals surface area (Å²) < 4.78 is 39.4.